The molecule has 0 aromatic carbocycles. The fourth-order valence-electron chi connectivity index (χ4n) is 0.878. The van der Waals surface area contributed by atoms with Gasteiger partial charge in [-0.1, -0.05) is 0 Å². The molecule has 1 aromatic rings. The maximum atomic E-state index is 8.53. The quantitative estimate of drug-likeness (QED) is 0.638. The lowest BCUT2D eigenvalue weighted by atomic mass is 10.3. The van der Waals surface area contributed by atoms with Crippen LogP contribution in [0.2, 0.25) is 0 Å². The van der Waals surface area contributed by atoms with E-state index in [0.29, 0.717) is 6.61 Å². The van der Waals surface area contributed by atoms with Gasteiger partial charge in [0.1, 0.15) is 10.4 Å². The number of nitrogens with zero attached hydrogens (tertiary/aromatic N) is 1. The molecule has 3 nitrogen and oxygen atoms in total. The second kappa shape index (κ2) is 5.94. The van der Waals surface area contributed by atoms with Crippen molar-refractivity contribution in [2.24, 2.45) is 0 Å². The van der Waals surface area contributed by atoms with Gasteiger partial charge in [0.05, 0.1) is 6.61 Å². The summed E-state index contributed by atoms with van der Waals surface area (Å²) in [5.74, 6) is 0.805. The topological polar surface area (TPSA) is 42.4 Å². The molecule has 1 rings (SSSR count). The van der Waals surface area contributed by atoms with Crippen molar-refractivity contribution in [2.75, 3.05) is 13.2 Å². The van der Waals surface area contributed by atoms with E-state index in [0.717, 1.165) is 23.2 Å². The molecular formula is C9H12BrNO2. The normalized spacial score (nSPS) is 10.0. The number of aliphatic hydroxyl groups is 1. The van der Waals surface area contributed by atoms with Gasteiger partial charge in [0.2, 0.25) is 0 Å². The molecule has 0 saturated heterocycles. The Labute approximate surface area is 85.9 Å². The summed E-state index contributed by atoms with van der Waals surface area (Å²) in [6.45, 7) is 0.862. The van der Waals surface area contributed by atoms with Crippen LogP contribution in [0.3, 0.4) is 0 Å². The van der Waals surface area contributed by atoms with Crippen LogP contribution in [0, 0.1) is 0 Å². The summed E-state index contributed by atoms with van der Waals surface area (Å²) in [6.07, 6.45) is 3.34. The lowest BCUT2D eigenvalue weighted by molar-refractivity contribution is 0.253. The van der Waals surface area contributed by atoms with Gasteiger partial charge in [-0.15, -0.1) is 0 Å². The van der Waals surface area contributed by atoms with Gasteiger partial charge in [0.15, 0.2) is 0 Å². The molecule has 1 aromatic heterocycles. The van der Waals surface area contributed by atoms with Crippen LogP contribution < -0.4 is 4.74 Å². The molecule has 0 atom stereocenters. The summed E-state index contributed by atoms with van der Waals surface area (Å²) in [4.78, 5) is 3.98. The Morgan fingerprint density at radius 1 is 1.46 bits per heavy atom. The summed E-state index contributed by atoms with van der Waals surface area (Å²) in [6, 6.07) is 3.63. The number of aliphatic hydroxyl groups excluding tert-OH is 1. The highest BCUT2D eigenvalue weighted by Crippen LogP contribution is 2.15. The van der Waals surface area contributed by atoms with E-state index < -0.39 is 0 Å². The molecule has 0 radical (unpaired) electrons. The Hall–Kier alpha value is -0.610. The molecule has 1 heterocycles. The van der Waals surface area contributed by atoms with Crippen molar-refractivity contribution < 1.29 is 9.84 Å². The van der Waals surface area contributed by atoms with Gasteiger partial charge in [-0.2, -0.15) is 0 Å². The van der Waals surface area contributed by atoms with Gasteiger partial charge in [-0.3, -0.25) is 0 Å². The van der Waals surface area contributed by atoms with E-state index in [2.05, 4.69) is 20.9 Å². The van der Waals surface area contributed by atoms with Gasteiger partial charge < -0.3 is 9.84 Å². The molecule has 0 fully saturated rings. The van der Waals surface area contributed by atoms with E-state index >= 15 is 0 Å². The van der Waals surface area contributed by atoms with Crippen LogP contribution in [-0.2, 0) is 0 Å². The minimum atomic E-state index is 0.226. The van der Waals surface area contributed by atoms with Gasteiger partial charge in [-0.25, -0.2) is 4.98 Å². The van der Waals surface area contributed by atoms with Gasteiger partial charge >= 0.3 is 0 Å². The van der Waals surface area contributed by atoms with E-state index in [1.807, 2.05) is 12.1 Å². The van der Waals surface area contributed by atoms with Crippen molar-refractivity contribution in [3.8, 4) is 5.75 Å². The monoisotopic (exact) mass is 245 g/mol. The van der Waals surface area contributed by atoms with Crippen LogP contribution >= 0.6 is 15.9 Å². The molecule has 1 N–H and O–H groups in total. The summed E-state index contributed by atoms with van der Waals surface area (Å²) in [5.41, 5.74) is 0. The second-order valence-electron chi connectivity index (χ2n) is 2.59. The molecular weight excluding hydrogens is 234 g/mol. The Bertz CT molecular complexity index is 255. The first kappa shape index (κ1) is 10.5. The summed E-state index contributed by atoms with van der Waals surface area (Å²) in [7, 11) is 0. The van der Waals surface area contributed by atoms with Crippen molar-refractivity contribution in [1.29, 1.82) is 0 Å². The number of halogens is 1. The highest BCUT2D eigenvalue weighted by molar-refractivity contribution is 9.10. The lowest BCUT2D eigenvalue weighted by Crippen LogP contribution is -1.98. The Morgan fingerprint density at radius 3 is 3.00 bits per heavy atom. The van der Waals surface area contributed by atoms with E-state index in [4.69, 9.17) is 9.84 Å². The largest absolute Gasteiger partial charge is 0.493 e. The third-order valence-electron chi connectivity index (χ3n) is 1.52. The van der Waals surface area contributed by atoms with Crippen LogP contribution in [0.5, 0.6) is 5.75 Å². The smallest absolute Gasteiger partial charge is 0.123 e. The number of aromatic nitrogens is 1. The van der Waals surface area contributed by atoms with Crippen molar-refractivity contribution in [3.05, 3.63) is 22.9 Å². The van der Waals surface area contributed by atoms with Crippen LogP contribution in [0.4, 0.5) is 0 Å². The van der Waals surface area contributed by atoms with Gasteiger partial charge in [0, 0.05) is 18.9 Å². The maximum absolute atomic E-state index is 8.53. The molecule has 4 heteroatoms. The number of hydrogen-bond acceptors (Lipinski definition) is 3. The molecule has 72 valence electrons. The van der Waals surface area contributed by atoms with E-state index in [-0.39, 0.29) is 6.61 Å². The zero-order valence-electron chi connectivity index (χ0n) is 7.24. The van der Waals surface area contributed by atoms with E-state index in [1.165, 1.54) is 0 Å². The highest BCUT2D eigenvalue weighted by atomic mass is 79.9. The van der Waals surface area contributed by atoms with E-state index in [1.54, 1.807) is 6.20 Å². The molecule has 0 aliphatic rings. The second-order valence-corrected chi connectivity index (χ2v) is 3.41. The number of ether oxygens (including phenoxy) is 1. The molecule has 0 aliphatic carbocycles. The number of hydrogen-bond donors (Lipinski definition) is 1. The van der Waals surface area contributed by atoms with Gasteiger partial charge in [0.25, 0.3) is 0 Å². The Balaban J connectivity index is 2.28. The predicted molar refractivity (Wildman–Crippen MR) is 53.8 cm³/mol. The number of unbranched alkanes of at least 4 members (excludes halogenated alkanes) is 1. The SMILES string of the molecule is OCCCCOc1ccnc(Br)c1. The molecule has 0 bridgehead atoms. The molecule has 0 saturated carbocycles. The zero-order valence-corrected chi connectivity index (χ0v) is 8.83. The molecule has 0 unspecified atom stereocenters. The first-order valence-electron chi connectivity index (χ1n) is 4.18. The first-order valence-corrected chi connectivity index (χ1v) is 4.97. The van der Waals surface area contributed by atoms with Crippen molar-refractivity contribution in [2.45, 2.75) is 12.8 Å². The average molecular weight is 246 g/mol. The van der Waals surface area contributed by atoms with Crippen molar-refractivity contribution in [3.63, 3.8) is 0 Å². The minimum absolute atomic E-state index is 0.226. The van der Waals surface area contributed by atoms with Crippen LogP contribution in [0.1, 0.15) is 12.8 Å². The van der Waals surface area contributed by atoms with Gasteiger partial charge in [-0.05, 0) is 34.8 Å². The fraction of sp³-hybridized carbons (Fsp3) is 0.444. The lowest BCUT2D eigenvalue weighted by Gasteiger charge is -2.04. The molecule has 0 spiro atoms. The molecule has 13 heavy (non-hydrogen) atoms. The first-order chi connectivity index (χ1) is 6.33. The molecule has 0 aliphatic heterocycles. The molecule has 0 amide bonds. The summed E-state index contributed by atoms with van der Waals surface area (Å²) < 4.78 is 6.18. The minimum Gasteiger partial charge on any atom is -0.493 e. The Kier molecular flexibility index (Phi) is 4.78. The summed E-state index contributed by atoms with van der Waals surface area (Å²) >= 11 is 3.25. The maximum Gasteiger partial charge on any atom is 0.123 e. The van der Waals surface area contributed by atoms with Crippen LogP contribution in [-0.4, -0.2) is 23.3 Å². The van der Waals surface area contributed by atoms with Crippen molar-refractivity contribution >= 4 is 15.9 Å². The summed E-state index contributed by atoms with van der Waals surface area (Å²) in [5, 5.41) is 8.53. The van der Waals surface area contributed by atoms with Crippen LogP contribution in [0.25, 0.3) is 0 Å². The predicted octanol–water partition coefficient (Wildman–Crippen LogP) is 2.00. The van der Waals surface area contributed by atoms with Crippen LogP contribution in [0.15, 0.2) is 22.9 Å². The third kappa shape index (κ3) is 4.24. The van der Waals surface area contributed by atoms with Crippen molar-refractivity contribution in [1.82, 2.24) is 4.98 Å². The standard InChI is InChI=1S/C9H12BrNO2/c10-9-7-8(3-4-11-9)13-6-2-1-5-12/h3-4,7,12H,1-2,5-6H2. The highest BCUT2D eigenvalue weighted by Gasteiger charge is 1.94. The third-order valence-corrected chi connectivity index (χ3v) is 1.95. The Morgan fingerprint density at radius 2 is 2.31 bits per heavy atom. The fourth-order valence-corrected chi connectivity index (χ4v) is 1.22. The van der Waals surface area contributed by atoms with E-state index in [9.17, 15) is 0 Å². The average Bonchev–Trinajstić information content (AvgIpc) is 2.13. The number of pyridine rings is 1. The zero-order chi connectivity index (χ0) is 9.52. The number of rotatable bonds is 5.